The molecule has 3 heterocycles. The molecular formula is C16H23N5O3. The fourth-order valence-electron chi connectivity index (χ4n) is 2.70. The predicted octanol–water partition coefficient (Wildman–Crippen LogP) is 2.22. The summed E-state index contributed by atoms with van der Waals surface area (Å²) in [4.78, 5) is 27.8. The molecule has 0 spiro atoms. The van der Waals surface area contributed by atoms with E-state index >= 15 is 0 Å². The molecule has 130 valence electrons. The fourth-order valence-corrected chi connectivity index (χ4v) is 2.70. The van der Waals surface area contributed by atoms with Gasteiger partial charge in [-0.05, 0) is 33.6 Å². The van der Waals surface area contributed by atoms with Crippen LogP contribution in [0.5, 0.6) is 0 Å². The lowest BCUT2D eigenvalue weighted by Gasteiger charge is -2.33. The van der Waals surface area contributed by atoms with Crippen molar-refractivity contribution in [1.29, 1.82) is 0 Å². The second kappa shape index (κ2) is 6.64. The molecule has 1 aromatic rings. The SMILES string of the molecule is CC(C)(C)OC(=O)N1CCC[C@H](C2=CN(c3cnccn3)NO2)C1. The molecule has 0 bridgehead atoms. The van der Waals surface area contributed by atoms with Crippen molar-refractivity contribution in [2.45, 2.75) is 39.2 Å². The number of hydrazine groups is 1. The number of nitrogens with one attached hydrogen (secondary N) is 1. The number of likely N-dealkylation sites (tertiary alicyclic amines) is 1. The summed E-state index contributed by atoms with van der Waals surface area (Å²) in [6, 6.07) is 0. The van der Waals surface area contributed by atoms with Crippen LogP contribution in [0.25, 0.3) is 0 Å². The van der Waals surface area contributed by atoms with E-state index in [0.29, 0.717) is 18.9 Å². The number of anilines is 1. The molecule has 0 unspecified atom stereocenters. The molecule has 8 nitrogen and oxygen atoms in total. The van der Waals surface area contributed by atoms with E-state index in [-0.39, 0.29) is 12.0 Å². The highest BCUT2D eigenvalue weighted by atomic mass is 16.7. The molecule has 1 N–H and O–H groups in total. The van der Waals surface area contributed by atoms with Gasteiger partial charge in [0.05, 0.1) is 12.4 Å². The van der Waals surface area contributed by atoms with Crippen LogP contribution >= 0.6 is 0 Å². The predicted molar refractivity (Wildman–Crippen MR) is 87.3 cm³/mol. The molecule has 2 aliphatic heterocycles. The summed E-state index contributed by atoms with van der Waals surface area (Å²) in [5.74, 6) is 1.56. The number of carbonyl (C=O) groups is 1. The van der Waals surface area contributed by atoms with E-state index in [0.717, 1.165) is 18.6 Å². The van der Waals surface area contributed by atoms with Gasteiger partial charge in [-0.15, -0.1) is 0 Å². The minimum atomic E-state index is -0.489. The Morgan fingerprint density at radius 2 is 2.25 bits per heavy atom. The minimum Gasteiger partial charge on any atom is -0.444 e. The van der Waals surface area contributed by atoms with Crippen molar-refractivity contribution in [1.82, 2.24) is 20.5 Å². The summed E-state index contributed by atoms with van der Waals surface area (Å²) < 4.78 is 5.46. The quantitative estimate of drug-likeness (QED) is 0.889. The van der Waals surface area contributed by atoms with Gasteiger partial charge in [-0.3, -0.25) is 4.98 Å². The maximum absolute atomic E-state index is 12.3. The maximum Gasteiger partial charge on any atom is 0.410 e. The van der Waals surface area contributed by atoms with Crippen LogP contribution in [-0.2, 0) is 9.57 Å². The van der Waals surface area contributed by atoms with Gasteiger partial charge >= 0.3 is 6.09 Å². The number of nitrogens with zero attached hydrogens (tertiary/aromatic N) is 4. The van der Waals surface area contributed by atoms with Crippen molar-refractivity contribution in [3.8, 4) is 0 Å². The van der Waals surface area contributed by atoms with Gasteiger partial charge in [-0.25, -0.2) is 14.8 Å². The van der Waals surface area contributed by atoms with Crippen molar-refractivity contribution in [3.63, 3.8) is 0 Å². The average Bonchev–Trinajstić information content (AvgIpc) is 3.04. The zero-order valence-electron chi connectivity index (χ0n) is 14.2. The lowest BCUT2D eigenvalue weighted by molar-refractivity contribution is 0.0131. The van der Waals surface area contributed by atoms with Gasteiger partial charge in [0.2, 0.25) is 0 Å². The third-order valence-corrected chi connectivity index (χ3v) is 3.79. The Kier molecular flexibility index (Phi) is 4.57. The molecule has 0 aromatic carbocycles. The molecule has 3 rings (SSSR count). The molecule has 2 aliphatic rings. The van der Waals surface area contributed by atoms with Crippen LogP contribution in [0.2, 0.25) is 0 Å². The largest absolute Gasteiger partial charge is 0.444 e. The summed E-state index contributed by atoms with van der Waals surface area (Å²) in [6.07, 6.45) is 8.33. The molecule has 1 fully saturated rings. The molecule has 0 aliphatic carbocycles. The third-order valence-electron chi connectivity index (χ3n) is 3.79. The molecule has 24 heavy (non-hydrogen) atoms. The molecule has 1 saturated heterocycles. The monoisotopic (exact) mass is 333 g/mol. The smallest absolute Gasteiger partial charge is 0.410 e. The molecule has 1 atom stereocenters. The van der Waals surface area contributed by atoms with Crippen molar-refractivity contribution < 1.29 is 14.4 Å². The molecule has 1 aromatic heterocycles. The van der Waals surface area contributed by atoms with Gasteiger partial charge in [0.25, 0.3) is 0 Å². The Hall–Kier alpha value is -2.35. The van der Waals surface area contributed by atoms with Gasteiger partial charge < -0.3 is 14.5 Å². The highest BCUT2D eigenvalue weighted by molar-refractivity contribution is 5.68. The standard InChI is InChI=1S/C16H23N5O3/c1-16(2,3)23-15(22)20-8-4-5-12(10-20)13-11-21(19-24-13)14-9-17-6-7-18-14/h6-7,9,11-12,19H,4-5,8,10H2,1-3H3/t12-/m0/s1. The Morgan fingerprint density at radius 1 is 1.42 bits per heavy atom. The summed E-state index contributed by atoms with van der Waals surface area (Å²) >= 11 is 0. The number of hydrogen-bond donors (Lipinski definition) is 1. The Labute approximate surface area is 141 Å². The number of ether oxygens (including phenoxy) is 1. The highest BCUT2D eigenvalue weighted by Gasteiger charge is 2.32. The van der Waals surface area contributed by atoms with E-state index in [2.05, 4.69) is 15.6 Å². The van der Waals surface area contributed by atoms with E-state index in [9.17, 15) is 4.79 Å². The maximum atomic E-state index is 12.3. The van der Waals surface area contributed by atoms with E-state index in [4.69, 9.17) is 9.57 Å². The van der Waals surface area contributed by atoms with Gasteiger partial charge in [0, 0.05) is 31.4 Å². The summed E-state index contributed by atoms with van der Waals surface area (Å²) in [5, 5.41) is 1.68. The molecule has 0 saturated carbocycles. The van der Waals surface area contributed by atoms with Gasteiger partial charge in [0.15, 0.2) is 5.82 Å². The van der Waals surface area contributed by atoms with E-state index in [1.165, 1.54) is 0 Å². The normalized spacial score (nSPS) is 21.3. The van der Waals surface area contributed by atoms with Crippen LogP contribution in [0, 0.1) is 5.92 Å². The third kappa shape index (κ3) is 3.94. The van der Waals surface area contributed by atoms with Crippen LogP contribution in [0.1, 0.15) is 33.6 Å². The molecular weight excluding hydrogens is 310 g/mol. The number of rotatable bonds is 2. The summed E-state index contributed by atoms with van der Waals surface area (Å²) in [7, 11) is 0. The van der Waals surface area contributed by atoms with Crippen molar-refractivity contribution in [3.05, 3.63) is 30.5 Å². The minimum absolute atomic E-state index is 0.125. The summed E-state index contributed by atoms with van der Waals surface area (Å²) in [6.45, 7) is 6.91. The number of aromatic nitrogens is 2. The number of amides is 1. The fraction of sp³-hybridized carbons (Fsp3) is 0.562. The first kappa shape index (κ1) is 16.5. The molecule has 0 radical (unpaired) electrons. The number of carbonyl (C=O) groups excluding carboxylic acids is 1. The van der Waals surface area contributed by atoms with Gasteiger partial charge in [-0.2, -0.15) is 0 Å². The summed E-state index contributed by atoms with van der Waals surface area (Å²) in [5.41, 5.74) is 2.32. The zero-order chi connectivity index (χ0) is 17.2. The topological polar surface area (TPSA) is 79.8 Å². The molecule has 1 amide bonds. The Morgan fingerprint density at radius 3 is 2.96 bits per heavy atom. The first-order valence-corrected chi connectivity index (χ1v) is 8.10. The number of hydrogen-bond acceptors (Lipinski definition) is 7. The second-order valence-electron chi connectivity index (χ2n) is 6.92. The zero-order valence-corrected chi connectivity index (χ0v) is 14.2. The van der Waals surface area contributed by atoms with Crippen LogP contribution in [0.3, 0.4) is 0 Å². The van der Waals surface area contributed by atoms with Crippen molar-refractivity contribution >= 4 is 11.9 Å². The van der Waals surface area contributed by atoms with Crippen LogP contribution < -0.4 is 10.6 Å². The first-order valence-electron chi connectivity index (χ1n) is 8.10. The first-order chi connectivity index (χ1) is 11.4. The number of piperidine rings is 1. The van der Waals surface area contributed by atoms with Gasteiger partial charge in [-0.1, -0.05) is 5.59 Å². The second-order valence-corrected chi connectivity index (χ2v) is 6.92. The van der Waals surface area contributed by atoms with Crippen LogP contribution in [-0.4, -0.2) is 39.7 Å². The van der Waals surface area contributed by atoms with Crippen molar-refractivity contribution in [2.75, 3.05) is 18.1 Å². The highest BCUT2D eigenvalue weighted by Crippen LogP contribution is 2.28. The Bertz CT molecular complexity index is 614. The van der Waals surface area contributed by atoms with E-state index < -0.39 is 5.60 Å². The van der Waals surface area contributed by atoms with E-state index in [1.54, 1.807) is 28.5 Å². The van der Waals surface area contributed by atoms with Crippen LogP contribution in [0.4, 0.5) is 10.6 Å². The Balaban J connectivity index is 1.64. The lowest BCUT2D eigenvalue weighted by Crippen LogP contribution is -2.43. The van der Waals surface area contributed by atoms with Gasteiger partial charge in [0.1, 0.15) is 11.4 Å². The molecule has 8 heteroatoms. The van der Waals surface area contributed by atoms with Crippen molar-refractivity contribution in [2.24, 2.45) is 5.92 Å². The van der Waals surface area contributed by atoms with E-state index in [1.807, 2.05) is 27.0 Å². The van der Waals surface area contributed by atoms with Crippen LogP contribution in [0.15, 0.2) is 30.5 Å². The lowest BCUT2D eigenvalue weighted by atomic mass is 9.96. The average molecular weight is 333 g/mol.